The second kappa shape index (κ2) is 7.12. The SMILES string of the molecule is CCCn1ncnc1CC(NN)c1ncccc1CC. The van der Waals surface area contributed by atoms with Gasteiger partial charge in [-0.1, -0.05) is 19.9 Å². The molecule has 0 spiro atoms. The highest BCUT2D eigenvalue weighted by atomic mass is 15.3. The molecule has 0 saturated heterocycles. The molecule has 1 atom stereocenters. The third kappa shape index (κ3) is 3.20. The third-order valence-electron chi connectivity index (χ3n) is 3.36. The molecule has 0 aliphatic carbocycles. The standard InChI is InChI=1S/C14H22N6/c1-3-8-20-13(17-10-18-20)9-12(19-15)14-11(4-2)6-5-7-16-14/h5-7,10,12,19H,3-4,8-9,15H2,1-2H3. The van der Waals surface area contributed by atoms with Crippen molar-refractivity contribution in [3.05, 3.63) is 41.7 Å². The number of nitrogens with zero attached hydrogens (tertiary/aromatic N) is 4. The molecule has 2 rings (SSSR count). The number of hydrogen-bond acceptors (Lipinski definition) is 5. The van der Waals surface area contributed by atoms with Crippen LogP contribution in [0.2, 0.25) is 0 Å². The van der Waals surface area contributed by atoms with Gasteiger partial charge in [0.2, 0.25) is 0 Å². The quantitative estimate of drug-likeness (QED) is 0.589. The average Bonchev–Trinajstić information content (AvgIpc) is 2.92. The predicted octanol–water partition coefficient (Wildman–Crippen LogP) is 1.39. The van der Waals surface area contributed by atoms with Crippen LogP contribution in [0.3, 0.4) is 0 Å². The smallest absolute Gasteiger partial charge is 0.138 e. The van der Waals surface area contributed by atoms with E-state index in [-0.39, 0.29) is 6.04 Å². The number of hydrogen-bond donors (Lipinski definition) is 2. The van der Waals surface area contributed by atoms with Crippen LogP contribution in [0.15, 0.2) is 24.7 Å². The molecular weight excluding hydrogens is 252 g/mol. The number of rotatable bonds is 7. The van der Waals surface area contributed by atoms with E-state index in [9.17, 15) is 0 Å². The molecule has 3 N–H and O–H groups in total. The summed E-state index contributed by atoms with van der Waals surface area (Å²) in [6, 6.07) is 3.99. The first-order valence-electron chi connectivity index (χ1n) is 7.06. The average molecular weight is 274 g/mol. The summed E-state index contributed by atoms with van der Waals surface area (Å²) < 4.78 is 1.93. The number of aromatic nitrogens is 4. The van der Waals surface area contributed by atoms with Gasteiger partial charge >= 0.3 is 0 Å². The van der Waals surface area contributed by atoms with Gasteiger partial charge in [-0.3, -0.25) is 20.9 Å². The van der Waals surface area contributed by atoms with Crippen LogP contribution in [-0.2, 0) is 19.4 Å². The minimum Gasteiger partial charge on any atom is -0.271 e. The molecule has 0 fully saturated rings. The maximum absolute atomic E-state index is 5.72. The van der Waals surface area contributed by atoms with E-state index in [1.54, 1.807) is 12.5 Å². The van der Waals surface area contributed by atoms with Gasteiger partial charge in [0.25, 0.3) is 0 Å². The molecule has 6 nitrogen and oxygen atoms in total. The topological polar surface area (TPSA) is 81.7 Å². The maximum atomic E-state index is 5.72. The van der Waals surface area contributed by atoms with E-state index >= 15 is 0 Å². The van der Waals surface area contributed by atoms with E-state index in [1.807, 2.05) is 10.7 Å². The number of nitrogens with two attached hydrogens (primary N) is 1. The van der Waals surface area contributed by atoms with Crippen LogP contribution in [-0.4, -0.2) is 19.7 Å². The van der Waals surface area contributed by atoms with Crippen molar-refractivity contribution in [2.75, 3.05) is 0 Å². The van der Waals surface area contributed by atoms with Crippen LogP contribution in [0.4, 0.5) is 0 Å². The van der Waals surface area contributed by atoms with Gasteiger partial charge in [0.15, 0.2) is 0 Å². The first-order valence-corrected chi connectivity index (χ1v) is 7.06. The lowest BCUT2D eigenvalue weighted by Crippen LogP contribution is -2.32. The fourth-order valence-corrected chi connectivity index (χ4v) is 2.33. The van der Waals surface area contributed by atoms with Crippen molar-refractivity contribution in [2.24, 2.45) is 5.84 Å². The minimum atomic E-state index is -0.0500. The van der Waals surface area contributed by atoms with E-state index < -0.39 is 0 Å². The van der Waals surface area contributed by atoms with Crippen molar-refractivity contribution in [3.8, 4) is 0 Å². The van der Waals surface area contributed by atoms with Crippen molar-refractivity contribution in [2.45, 2.75) is 45.7 Å². The van der Waals surface area contributed by atoms with E-state index in [4.69, 9.17) is 5.84 Å². The second-order valence-electron chi connectivity index (χ2n) is 4.72. The van der Waals surface area contributed by atoms with Crippen molar-refractivity contribution >= 4 is 0 Å². The Labute approximate surface area is 119 Å². The third-order valence-corrected chi connectivity index (χ3v) is 3.36. The lowest BCUT2D eigenvalue weighted by atomic mass is 10.0. The molecule has 2 aromatic heterocycles. The number of hydrazine groups is 1. The lowest BCUT2D eigenvalue weighted by Gasteiger charge is -2.18. The number of aryl methyl sites for hydroxylation is 2. The van der Waals surface area contributed by atoms with Crippen LogP contribution in [0, 0.1) is 0 Å². The first kappa shape index (κ1) is 14.6. The molecule has 0 bridgehead atoms. The molecule has 20 heavy (non-hydrogen) atoms. The Hall–Kier alpha value is -1.79. The summed E-state index contributed by atoms with van der Waals surface area (Å²) >= 11 is 0. The van der Waals surface area contributed by atoms with Gasteiger partial charge in [0.1, 0.15) is 12.2 Å². The Kier molecular flexibility index (Phi) is 5.20. The summed E-state index contributed by atoms with van der Waals surface area (Å²) in [6.45, 7) is 5.11. The molecule has 2 aromatic rings. The summed E-state index contributed by atoms with van der Waals surface area (Å²) in [6.07, 6.45) is 6.04. The molecule has 6 heteroatoms. The van der Waals surface area contributed by atoms with E-state index in [0.717, 1.165) is 30.9 Å². The Morgan fingerprint density at radius 2 is 2.20 bits per heavy atom. The molecule has 0 saturated carbocycles. The van der Waals surface area contributed by atoms with E-state index in [2.05, 4.69) is 40.4 Å². The predicted molar refractivity (Wildman–Crippen MR) is 77.7 cm³/mol. The van der Waals surface area contributed by atoms with Gasteiger partial charge in [-0.15, -0.1) is 0 Å². The largest absolute Gasteiger partial charge is 0.271 e. The van der Waals surface area contributed by atoms with Crippen LogP contribution in [0.25, 0.3) is 0 Å². The van der Waals surface area contributed by atoms with Gasteiger partial charge < -0.3 is 0 Å². The van der Waals surface area contributed by atoms with Crippen LogP contribution in [0.5, 0.6) is 0 Å². The Morgan fingerprint density at radius 3 is 2.90 bits per heavy atom. The number of pyridine rings is 1. The van der Waals surface area contributed by atoms with E-state index in [0.29, 0.717) is 6.42 Å². The highest BCUT2D eigenvalue weighted by Crippen LogP contribution is 2.19. The highest BCUT2D eigenvalue weighted by molar-refractivity contribution is 5.23. The zero-order valence-corrected chi connectivity index (χ0v) is 12.1. The summed E-state index contributed by atoms with van der Waals surface area (Å²) in [5.74, 6) is 6.65. The Balaban J connectivity index is 2.22. The van der Waals surface area contributed by atoms with Crippen LogP contribution >= 0.6 is 0 Å². The van der Waals surface area contributed by atoms with Crippen molar-refractivity contribution in [1.29, 1.82) is 0 Å². The van der Waals surface area contributed by atoms with E-state index in [1.165, 1.54) is 5.56 Å². The molecule has 1 unspecified atom stereocenters. The fourth-order valence-electron chi connectivity index (χ4n) is 2.33. The second-order valence-corrected chi connectivity index (χ2v) is 4.72. The summed E-state index contributed by atoms with van der Waals surface area (Å²) in [7, 11) is 0. The fraction of sp³-hybridized carbons (Fsp3) is 0.500. The maximum Gasteiger partial charge on any atom is 0.138 e. The zero-order chi connectivity index (χ0) is 14.4. The molecule has 0 radical (unpaired) electrons. The van der Waals surface area contributed by atoms with Crippen LogP contribution < -0.4 is 11.3 Å². The summed E-state index contributed by atoms with van der Waals surface area (Å²) in [5.41, 5.74) is 5.05. The van der Waals surface area contributed by atoms with Gasteiger partial charge in [-0.05, 0) is 24.5 Å². The molecule has 2 heterocycles. The first-order chi connectivity index (χ1) is 9.80. The monoisotopic (exact) mass is 274 g/mol. The van der Waals surface area contributed by atoms with Gasteiger partial charge in [0.05, 0.1) is 11.7 Å². The molecule has 0 amide bonds. The van der Waals surface area contributed by atoms with Gasteiger partial charge in [-0.25, -0.2) is 4.98 Å². The molecular formula is C14H22N6. The summed E-state index contributed by atoms with van der Waals surface area (Å²) in [4.78, 5) is 8.81. The Bertz CT molecular complexity index is 536. The zero-order valence-electron chi connectivity index (χ0n) is 12.1. The molecule has 0 aliphatic heterocycles. The lowest BCUT2D eigenvalue weighted by molar-refractivity contribution is 0.488. The number of nitrogens with one attached hydrogen (secondary N) is 1. The summed E-state index contributed by atoms with van der Waals surface area (Å²) in [5, 5.41) is 4.25. The highest BCUT2D eigenvalue weighted by Gasteiger charge is 2.18. The molecule has 108 valence electrons. The minimum absolute atomic E-state index is 0.0500. The van der Waals surface area contributed by atoms with Crippen molar-refractivity contribution in [3.63, 3.8) is 0 Å². The van der Waals surface area contributed by atoms with Gasteiger partial charge in [0, 0.05) is 19.2 Å². The van der Waals surface area contributed by atoms with Crippen molar-refractivity contribution in [1.82, 2.24) is 25.2 Å². The van der Waals surface area contributed by atoms with Crippen molar-refractivity contribution < 1.29 is 0 Å². The molecule has 0 aromatic carbocycles. The normalized spacial score (nSPS) is 12.6. The van der Waals surface area contributed by atoms with Gasteiger partial charge in [-0.2, -0.15) is 5.10 Å². The molecule has 0 aliphatic rings. The van der Waals surface area contributed by atoms with Crippen LogP contribution in [0.1, 0.15) is 43.4 Å². The Morgan fingerprint density at radius 1 is 1.35 bits per heavy atom.